The zero-order valence-electron chi connectivity index (χ0n) is 24.8. The largest absolute Gasteiger partial charge is 0.460 e. The van der Waals surface area contributed by atoms with Gasteiger partial charge in [-0.05, 0) is 59.9 Å². The molecule has 1 heterocycles. The highest BCUT2D eigenvalue weighted by Gasteiger charge is 2.36. The molecule has 214 valence electrons. The maximum Gasteiger partial charge on any atom is 0.344 e. The van der Waals surface area contributed by atoms with E-state index in [1.54, 1.807) is 13.8 Å². The van der Waals surface area contributed by atoms with E-state index >= 15 is 0 Å². The van der Waals surface area contributed by atoms with Crippen LogP contribution in [0.2, 0.25) is 0 Å². The summed E-state index contributed by atoms with van der Waals surface area (Å²) in [5.41, 5.74) is 3.11. The van der Waals surface area contributed by atoms with Crippen molar-refractivity contribution >= 4 is 44.5 Å². The fourth-order valence-electron chi connectivity index (χ4n) is 5.57. The molecule has 5 nitrogen and oxygen atoms in total. The average molecular weight is 568 g/mol. The quantitative estimate of drug-likeness (QED) is 0.109. The summed E-state index contributed by atoms with van der Waals surface area (Å²) in [6.45, 7) is 7.85. The van der Waals surface area contributed by atoms with Gasteiger partial charge in [0.2, 0.25) is 0 Å². The average Bonchev–Trinajstić information content (AvgIpc) is 3.01. The molecule has 6 aromatic rings. The van der Waals surface area contributed by atoms with Crippen molar-refractivity contribution in [2.24, 2.45) is 0 Å². The van der Waals surface area contributed by atoms with Crippen LogP contribution in [0, 0.1) is 0 Å². The summed E-state index contributed by atoms with van der Waals surface area (Å²) in [7, 11) is 0. The van der Waals surface area contributed by atoms with Crippen LogP contribution in [0.15, 0.2) is 109 Å². The Morgan fingerprint density at radius 1 is 0.744 bits per heavy atom. The molecule has 0 aliphatic heterocycles. The second-order valence-corrected chi connectivity index (χ2v) is 11.7. The van der Waals surface area contributed by atoms with Crippen molar-refractivity contribution in [3.05, 3.63) is 131 Å². The molecular weight excluding hydrogens is 534 g/mol. The molecule has 0 spiro atoms. The molecule has 0 bridgehead atoms. The minimum absolute atomic E-state index is 0.0359. The van der Waals surface area contributed by atoms with Crippen LogP contribution in [0.4, 0.5) is 0 Å². The second-order valence-electron chi connectivity index (χ2n) is 11.7. The molecule has 0 radical (unpaired) electrons. The van der Waals surface area contributed by atoms with E-state index in [-0.39, 0.29) is 12.5 Å². The number of pyridine rings is 1. The predicted molar refractivity (Wildman–Crippen MR) is 172 cm³/mol. The SMILES string of the molecule is CC(C)c1cccc(C(C)(C)C(=O)OCc2ccccc2)c1OC(=O)c1c2ccccc2nc2cc3ccccc3cc12. The molecule has 0 saturated heterocycles. The number of para-hydroxylation sites is 2. The Kier molecular flexibility index (Phi) is 7.41. The number of esters is 2. The van der Waals surface area contributed by atoms with E-state index in [1.165, 1.54) is 0 Å². The van der Waals surface area contributed by atoms with Crippen LogP contribution in [0.25, 0.3) is 32.6 Å². The summed E-state index contributed by atoms with van der Waals surface area (Å²) < 4.78 is 12.1. The molecule has 43 heavy (non-hydrogen) atoms. The monoisotopic (exact) mass is 567 g/mol. The van der Waals surface area contributed by atoms with Gasteiger partial charge in [0.25, 0.3) is 0 Å². The predicted octanol–water partition coefficient (Wildman–Crippen LogP) is 8.90. The van der Waals surface area contributed by atoms with Gasteiger partial charge in [0.1, 0.15) is 12.4 Å². The summed E-state index contributed by atoms with van der Waals surface area (Å²) in [6, 6.07) is 34.9. The van der Waals surface area contributed by atoms with Crippen molar-refractivity contribution < 1.29 is 19.1 Å². The fourth-order valence-corrected chi connectivity index (χ4v) is 5.57. The van der Waals surface area contributed by atoms with Gasteiger partial charge in [0, 0.05) is 16.3 Å². The van der Waals surface area contributed by atoms with Crippen molar-refractivity contribution in [1.82, 2.24) is 4.98 Å². The number of benzene rings is 5. The van der Waals surface area contributed by atoms with E-state index in [9.17, 15) is 9.59 Å². The minimum Gasteiger partial charge on any atom is -0.460 e. The maximum absolute atomic E-state index is 14.3. The van der Waals surface area contributed by atoms with E-state index in [2.05, 4.69) is 0 Å². The first-order chi connectivity index (χ1) is 20.7. The van der Waals surface area contributed by atoms with Gasteiger partial charge in [-0.3, -0.25) is 4.79 Å². The Labute approximate surface area is 251 Å². The summed E-state index contributed by atoms with van der Waals surface area (Å²) in [4.78, 5) is 32.8. The molecular formula is C38H33NO4. The van der Waals surface area contributed by atoms with E-state index < -0.39 is 17.4 Å². The molecule has 0 aliphatic carbocycles. The number of nitrogens with zero attached hydrogens (tertiary/aromatic N) is 1. The van der Waals surface area contributed by atoms with Gasteiger partial charge in [0.05, 0.1) is 22.0 Å². The summed E-state index contributed by atoms with van der Waals surface area (Å²) >= 11 is 0. The van der Waals surface area contributed by atoms with E-state index in [4.69, 9.17) is 14.5 Å². The first-order valence-corrected chi connectivity index (χ1v) is 14.5. The number of fused-ring (bicyclic) bond motifs is 3. The van der Waals surface area contributed by atoms with Gasteiger partial charge in [-0.2, -0.15) is 0 Å². The second kappa shape index (κ2) is 11.3. The Morgan fingerprint density at radius 3 is 2.16 bits per heavy atom. The Hall–Kier alpha value is -5.03. The number of rotatable bonds is 7. The fraction of sp³-hybridized carbons (Fsp3) is 0.184. The molecule has 0 saturated carbocycles. The molecule has 0 aliphatic rings. The van der Waals surface area contributed by atoms with Gasteiger partial charge in [-0.1, -0.05) is 105 Å². The third-order valence-corrected chi connectivity index (χ3v) is 8.01. The lowest BCUT2D eigenvalue weighted by Gasteiger charge is -2.27. The minimum atomic E-state index is -1.09. The number of hydrogen-bond acceptors (Lipinski definition) is 5. The Balaban J connectivity index is 1.45. The van der Waals surface area contributed by atoms with Gasteiger partial charge < -0.3 is 9.47 Å². The highest BCUT2D eigenvalue weighted by molar-refractivity contribution is 6.17. The number of hydrogen-bond donors (Lipinski definition) is 0. The van der Waals surface area contributed by atoms with Crippen LogP contribution in [0.3, 0.4) is 0 Å². The van der Waals surface area contributed by atoms with Crippen LogP contribution in [-0.2, 0) is 21.6 Å². The van der Waals surface area contributed by atoms with Crippen molar-refractivity contribution in [2.45, 2.75) is 45.6 Å². The van der Waals surface area contributed by atoms with Crippen molar-refractivity contribution in [3.63, 3.8) is 0 Å². The first kappa shape index (κ1) is 28.1. The van der Waals surface area contributed by atoms with Gasteiger partial charge in [-0.15, -0.1) is 0 Å². The summed E-state index contributed by atoms with van der Waals surface area (Å²) in [6.07, 6.45) is 0. The standard InChI is InChI=1S/C38H33NO4/c1-24(2)28-18-12-19-31(38(3,4)37(41)42-23-25-13-6-5-7-14-25)35(28)43-36(40)34-29-17-10-11-20-32(29)39-33-22-27-16-9-8-15-26(27)21-30(33)34/h5-22,24H,23H2,1-4H3. The molecule has 1 aromatic heterocycles. The van der Waals surface area contributed by atoms with Crippen molar-refractivity contribution in [3.8, 4) is 5.75 Å². The van der Waals surface area contributed by atoms with E-state index in [1.807, 2.05) is 123 Å². The number of ether oxygens (including phenoxy) is 2. The van der Waals surface area contributed by atoms with Gasteiger partial charge in [0.15, 0.2) is 0 Å². The van der Waals surface area contributed by atoms with Crippen LogP contribution in [-0.4, -0.2) is 16.9 Å². The first-order valence-electron chi connectivity index (χ1n) is 14.5. The zero-order valence-corrected chi connectivity index (χ0v) is 24.8. The molecule has 0 unspecified atom stereocenters. The molecule has 5 aromatic carbocycles. The van der Waals surface area contributed by atoms with Gasteiger partial charge in [-0.25, -0.2) is 9.78 Å². The topological polar surface area (TPSA) is 65.5 Å². The highest BCUT2D eigenvalue weighted by Crippen LogP contribution is 2.40. The third-order valence-electron chi connectivity index (χ3n) is 8.01. The lowest BCUT2D eigenvalue weighted by molar-refractivity contribution is -0.150. The summed E-state index contributed by atoms with van der Waals surface area (Å²) in [5, 5.41) is 3.47. The maximum atomic E-state index is 14.3. The molecule has 0 atom stereocenters. The Bertz CT molecular complexity index is 1990. The third kappa shape index (κ3) is 5.35. The number of aromatic nitrogens is 1. The van der Waals surface area contributed by atoms with Crippen LogP contribution in [0.1, 0.15) is 60.7 Å². The molecule has 0 fully saturated rings. The molecule has 0 amide bonds. The van der Waals surface area contributed by atoms with Crippen LogP contribution >= 0.6 is 0 Å². The molecule has 6 rings (SSSR count). The van der Waals surface area contributed by atoms with Crippen LogP contribution in [0.5, 0.6) is 5.75 Å². The highest BCUT2D eigenvalue weighted by atomic mass is 16.5. The Morgan fingerprint density at radius 2 is 1.42 bits per heavy atom. The zero-order chi connectivity index (χ0) is 30.1. The molecule has 5 heteroatoms. The summed E-state index contributed by atoms with van der Waals surface area (Å²) in [5.74, 6) is -0.477. The smallest absolute Gasteiger partial charge is 0.344 e. The normalized spacial score (nSPS) is 11.7. The van der Waals surface area contributed by atoms with Crippen molar-refractivity contribution in [2.75, 3.05) is 0 Å². The molecule has 0 N–H and O–H groups in total. The van der Waals surface area contributed by atoms with E-state index in [0.717, 1.165) is 21.9 Å². The van der Waals surface area contributed by atoms with Crippen LogP contribution < -0.4 is 4.74 Å². The van der Waals surface area contributed by atoms with Gasteiger partial charge >= 0.3 is 11.9 Å². The lowest BCUT2D eigenvalue weighted by atomic mass is 9.81. The lowest BCUT2D eigenvalue weighted by Crippen LogP contribution is -2.32. The number of carbonyl (C=O) groups excluding carboxylic acids is 2. The number of carbonyl (C=O) groups is 2. The van der Waals surface area contributed by atoms with E-state index in [0.29, 0.717) is 38.7 Å². The van der Waals surface area contributed by atoms with Crippen molar-refractivity contribution in [1.29, 1.82) is 0 Å².